The van der Waals surface area contributed by atoms with Gasteiger partial charge in [0.1, 0.15) is 0 Å². The Bertz CT molecular complexity index is 428. The van der Waals surface area contributed by atoms with Gasteiger partial charge >= 0.3 is 0 Å². The molecule has 0 unspecified atom stereocenters. The highest BCUT2D eigenvalue weighted by Gasteiger charge is 1.69. The summed E-state index contributed by atoms with van der Waals surface area (Å²) in [7, 11) is 0. The molecule has 0 amide bonds. The van der Waals surface area contributed by atoms with Crippen LogP contribution in [0, 0.1) is 0 Å². The van der Waals surface area contributed by atoms with Crippen LogP contribution in [0.2, 0.25) is 0 Å². The van der Waals surface area contributed by atoms with Crippen molar-refractivity contribution >= 4 is 0 Å². The third-order valence-electron chi connectivity index (χ3n) is 2.21. The van der Waals surface area contributed by atoms with E-state index in [-0.39, 0.29) is 0 Å². The fourth-order valence-corrected chi connectivity index (χ4v) is 1.29. The van der Waals surface area contributed by atoms with Crippen LogP contribution >= 0.6 is 0 Å². The fraction of sp³-hybridized carbons (Fsp3) is 0.0526. The molecule has 0 nitrogen and oxygen atoms in total. The molecular formula is C19H20. The molecule has 0 heteroatoms. The van der Waals surface area contributed by atoms with E-state index in [9.17, 15) is 0 Å². The van der Waals surface area contributed by atoms with Crippen molar-refractivity contribution in [1.29, 1.82) is 0 Å². The Morgan fingerprint density at radius 3 is 0.737 bits per heavy atom. The maximum absolute atomic E-state index is 2.12. The van der Waals surface area contributed by atoms with Crippen LogP contribution in [0.3, 0.4) is 0 Å². The van der Waals surface area contributed by atoms with E-state index in [1.165, 1.54) is 0 Å². The molecule has 0 atom stereocenters. The highest BCUT2D eigenvalue weighted by molar-refractivity contribution is 5.22. The lowest BCUT2D eigenvalue weighted by Crippen LogP contribution is -1.57. The Balaban J connectivity index is 2.63. The number of hydrogen-bond donors (Lipinski definition) is 0. The molecular weight excluding hydrogens is 228 g/mol. The molecule has 0 saturated carbocycles. The number of rotatable bonds is 0. The zero-order chi connectivity index (χ0) is 13.4. The van der Waals surface area contributed by atoms with E-state index in [2.05, 4.69) is 24.3 Å². The van der Waals surface area contributed by atoms with Crippen molar-refractivity contribution in [3.8, 4) is 0 Å². The normalized spacial score (nSPS) is 29.9. The van der Waals surface area contributed by atoms with Crippen molar-refractivity contribution in [2.45, 2.75) is 6.42 Å². The summed E-state index contributed by atoms with van der Waals surface area (Å²) >= 11 is 0. The van der Waals surface area contributed by atoms with Gasteiger partial charge in [0.2, 0.25) is 0 Å². The van der Waals surface area contributed by atoms with Crippen LogP contribution in [-0.4, -0.2) is 0 Å². The molecule has 1 aliphatic rings. The molecule has 0 heterocycles. The van der Waals surface area contributed by atoms with E-state index in [1.807, 2.05) is 85.1 Å². The predicted octanol–water partition coefficient (Wildman–Crippen LogP) is 5.40. The molecule has 1 aliphatic carbocycles. The van der Waals surface area contributed by atoms with Crippen molar-refractivity contribution in [2.24, 2.45) is 0 Å². The van der Waals surface area contributed by atoms with Crippen LogP contribution in [0.25, 0.3) is 0 Å². The standard InChI is InChI=1S/C19H20/c1-2-4-6-8-10-12-14-16-18-19-17-15-13-11-9-7-5-3-1/h1-18H,19H2/b2-1-,5-3-,6-4-,9-7-,10-8-,13-11-,14-12-,17-15-,18-16?. The van der Waals surface area contributed by atoms with Gasteiger partial charge in [0.05, 0.1) is 0 Å². The number of allylic oxidation sites excluding steroid dienone is 18. The molecule has 0 aromatic carbocycles. The lowest BCUT2D eigenvalue weighted by Gasteiger charge is -1.79. The lowest BCUT2D eigenvalue weighted by molar-refractivity contribution is 1.39. The van der Waals surface area contributed by atoms with Gasteiger partial charge in [-0.2, -0.15) is 0 Å². The molecule has 0 spiro atoms. The SMILES string of the molecule is C1=CC\C=C/C=C\C=C/C=C\C=C/C=C\C=C/C=C\1. The quantitative estimate of drug-likeness (QED) is 0.538. The molecule has 0 bridgehead atoms. The molecule has 0 aromatic heterocycles. The summed E-state index contributed by atoms with van der Waals surface area (Å²) in [6, 6.07) is 0. The minimum absolute atomic E-state index is 0.950. The Kier molecular flexibility index (Phi) is 9.39. The van der Waals surface area contributed by atoms with Crippen molar-refractivity contribution in [3.63, 3.8) is 0 Å². The van der Waals surface area contributed by atoms with Gasteiger partial charge in [0.15, 0.2) is 0 Å². The van der Waals surface area contributed by atoms with Gasteiger partial charge < -0.3 is 0 Å². The zero-order valence-corrected chi connectivity index (χ0v) is 11.1. The van der Waals surface area contributed by atoms with Gasteiger partial charge in [-0.05, 0) is 6.42 Å². The molecule has 19 heavy (non-hydrogen) atoms. The first-order valence-electron chi connectivity index (χ1n) is 6.48. The smallest absolute Gasteiger partial charge is 0.0163 e. The average molecular weight is 248 g/mol. The van der Waals surface area contributed by atoms with Crippen molar-refractivity contribution in [1.82, 2.24) is 0 Å². The van der Waals surface area contributed by atoms with Gasteiger partial charge in [-0.3, -0.25) is 0 Å². The minimum Gasteiger partial charge on any atom is -0.0807 e. The van der Waals surface area contributed by atoms with Crippen LogP contribution in [0.15, 0.2) is 109 Å². The maximum Gasteiger partial charge on any atom is -0.0163 e. The average Bonchev–Trinajstić information content (AvgIpc) is 2.43. The van der Waals surface area contributed by atoms with Gasteiger partial charge in [0.25, 0.3) is 0 Å². The van der Waals surface area contributed by atoms with E-state index < -0.39 is 0 Å². The van der Waals surface area contributed by atoms with Crippen LogP contribution < -0.4 is 0 Å². The van der Waals surface area contributed by atoms with Crippen LogP contribution in [-0.2, 0) is 0 Å². The summed E-state index contributed by atoms with van der Waals surface area (Å²) in [5.74, 6) is 0. The van der Waals surface area contributed by atoms with E-state index in [4.69, 9.17) is 0 Å². The first-order valence-corrected chi connectivity index (χ1v) is 6.48. The topological polar surface area (TPSA) is 0 Å². The van der Waals surface area contributed by atoms with E-state index >= 15 is 0 Å². The minimum atomic E-state index is 0.950. The third-order valence-corrected chi connectivity index (χ3v) is 2.21. The Morgan fingerprint density at radius 1 is 0.263 bits per heavy atom. The largest absolute Gasteiger partial charge is 0.0807 e. The molecule has 1 rings (SSSR count). The summed E-state index contributed by atoms with van der Waals surface area (Å²) in [5, 5.41) is 0. The summed E-state index contributed by atoms with van der Waals surface area (Å²) in [6.07, 6.45) is 37.5. The lowest BCUT2D eigenvalue weighted by atomic mass is 10.3. The summed E-state index contributed by atoms with van der Waals surface area (Å²) < 4.78 is 0. The molecule has 0 radical (unpaired) electrons. The van der Waals surface area contributed by atoms with Gasteiger partial charge in [-0.15, -0.1) is 0 Å². The van der Waals surface area contributed by atoms with E-state index in [0.717, 1.165) is 6.42 Å². The second kappa shape index (κ2) is 12.1. The summed E-state index contributed by atoms with van der Waals surface area (Å²) in [5.41, 5.74) is 0. The van der Waals surface area contributed by atoms with Crippen LogP contribution in [0.5, 0.6) is 0 Å². The third kappa shape index (κ3) is 10.5. The van der Waals surface area contributed by atoms with E-state index in [0.29, 0.717) is 0 Å². The van der Waals surface area contributed by atoms with Crippen molar-refractivity contribution < 1.29 is 0 Å². The van der Waals surface area contributed by atoms with Gasteiger partial charge in [0, 0.05) is 0 Å². The van der Waals surface area contributed by atoms with Crippen molar-refractivity contribution in [2.75, 3.05) is 0 Å². The highest BCUT2D eigenvalue weighted by Crippen LogP contribution is 1.90. The predicted molar refractivity (Wildman–Crippen MR) is 86.9 cm³/mol. The van der Waals surface area contributed by atoms with Crippen LogP contribution in [0.4, 0.5) is 0 Å². The molecule has 0 N–H and O–H groups in total. The fourth-order valence-electron chi connectivity index (χ4n) is 1.29. The van der Waals surface area contributed by atoms with Gasteiger partial charge in [-0.25, -0.2) is 0 Å². The Morgan fingerprint density at radius 2 is 0.474 bits per heavy atom. The Hall–Kier alpha value is -2.34. The first-order chi connectivity index (χ1) is 9.50. The summed E-state index contributed by atoms with van der Waals surface area (Å²) in [6.45, 7) is 0. The van der Waals surface area contributed by atoms with Crippen molar-refractivity contribution in [3.05, 3.63) is 109 Å². The van der Waals surface area contributed by atoms with Gasteiger partial charge in [-0.1, -0.05) is 109 Å². The second-order valence-corrected chi connectivity index (χ2v) is 3.79. The maximum atomic E-state index is 2.12. The number of hydrogen-bond acceptors (Lipinski definition) is 0. The van der Waals surface area contributed by atoms with Crippen LogP contribution in [0.1, 0.15) is 6.42 Å². The molecule has 0 saturated heterocycles. The molecule has 0 aliphatic heterocycles. The second-order valence-electron chi connectivity index (χ2n) is 3.79. The van der Waals surface area contributed by atoms with E-state index in [1.54, 1.807) is 0 Å². The molecule has 96 valence electrons. The Labute approximate surface area is 116 Å². The first kappa shape index (κ1) is 14.7. The molecule has 0 aromatic rings. The monoisotopic (exact) mass is 248 g/mol. The highest BCUT2D eigenvalue weighted by atomic mass is 13.8. The molecule has 0 fully saturated rings. The summed E-state index contributed by atoms with van der Waals surface area (Å²) in [4.78, 5) is 0. The zero-order valence-electron chi connectivity index (χ0n) is 11.1.